The molecule has 0 aliphatic heterocycles. The van der Waals surface area contributed by atoms with Gasteiger partial charge in [-0.25, -0.2) is 4.68 Å². The van der Waals surface area contributed by atoms with Gasteiger partial charge < -0.3 is 5.73 Å². The fraction of sp³-hybridized carbons (Fsp3) is 0.733. The fourth-order valence-corrected chi connectivity index (χ4v) is 5.08. The number of hydrogen-bond acceptors (Lipinski definition) is 3. The largest absolute Gasteiger partial charge is 0.325 e. The second-order valence-corrected chi connectivity index (χ2v) is 6.73. The molecule has 0 radical (unpaired) electrons. The van der Waals surface area contributed by atoms with Crippen LogP contribution in [0.1, 0.15) is 43.8 Å². The molecule has 102 valence electrons. The lowest BCUT2D eigenvalue weighted by molar-refractivity contribution is -0.0356. The lowest BCUT2D eigenvalue weighted by atomic mass is 9.54. The zero-order valence-electron chi connectivity index (χ0n) is 11.2. The molecule has 4 fully saturated rings. The monoisotopic (exact) mass is 259 g/mol. The lowest BCUT2D eigenvalue weighted by Crippen LogP contribution is -2.48. The highest BCUT2D eigenvalue weighted by atomic mass is 16.1. The Morgan fingerprint density at radius 1 is 1.11 bits per heavy atom. The van der Waals surface area contributed by atoms with Gasteiger partial charge in [-0.05, 0) is 61.8 Å². The van der Waals surface area contributed by atoms with Crippen molar-refractivity contribution in [3.05, 3.63) is 28.2 Å². The first-order chi connectivity index (χ1) is 9.24. The molecule has 0 unspecified atom stereocenters. The summed E-state index contributed by atoms with van der Waals surface area (Å²) in [7, 11) is 0. The van der Waals surface area contributed by atoms with E-state index in [0.29, 0.717) is 24.4 Å². The highest BCUT2D eigenvalue weighted by Gasteiger charge is 2.49. The molecule has 4 saturated carbocycles. The van der Waals surface area contributed by atoms with Gasteiger partial charge in [-0.1, -0.05) is 0 Å². The third-order valence-corrected chi connectivity index (χ3v) is 5.55. The van der Waals surface area contributed by atoms with E-state index in [4.69, 9.17) is 5.73 Å². The van der Waals surface area contributed by atoms with Gasteiger partial charge >= 0.3 is 0 Å². The van der Waals surface area contributed by atoms with Crippen LogP contribution in [0, 0.1) is 23.7 Å². The maximum Gasteiger partial charge on any atom is 0.267 e. The molecule has 1 aromatic rings. The van der Waals surface area contributed by atoms with Crippen molar-refractivity contribution in [3.8, 4) is 0 Å². The van der Waals surface area contributed by atoms with Crippen LogP contribution in [0.5, 0.6) is 0 Å². The summed E-state index contributed by atoms with van der Waals surface area (Å²) in [5.74, 6) is 3.20. The second-order valence-electron chi connectivity index (χ2n) is 6.73. The van der Waals surface area contributed by atoms with Gasteiger partial charge in [0.2, 0.25) is 0 Å². The molecule has 4 heteroatoms. The molecule has 4 nitrogen and oxygen atoms in total. The van der Waals surface area contributed by atoms with Crippen LogP contribution in [0.3, 0.4) is 0 Å². The van der Waals surface area contributed by atoms with E-state index >= 15 is 0 Å². The Balaban J connectivity index is 1.74. The summed E-state index contributed by atoms with van der Waals surface area (Å²) >= 11 is 0. The van der Waals surface area contributed by atoms with Gasteiger partial charge in [0.05, 0.1) is 11.7 Å². The summed E-state index contributed by atoms with van der Waals surface area (Å²) in [6.07, 6.45) is 6.65. The first-order valence-electron chi connectivity index (χ1n) is 7.53. The third kappa shape index (κ3) is 1.76. The van der Waals surface area contributed by atoms with Gasteiger partial charge in [0.15, 0.2) is 0 Å². The minimum atomic E-state index is 0.0506. The summed E-state index contributed by atoms with van der Waals surface area (Å²) < 4.78 is 1.77. The summed E-state index contributed by atoms with van der Waals surface area (Å²) in [5.41, 5.74) is 6.54. The van der Waals surface area contributed by atoms with E-state index in [1.807, 2.05) is 0 Å². The Morgan fingerprint density at radius 2 is 1.74 bits per heavy atom. The standard InChI is InChI=1S/C15H21N3O/c16-8-13-1-2-14(19)18(17-13)15-11-4-9-3-10(6-11)7-12(15)5-9/h1-2,9-12,15H,3-8,16H2. The van der Waals surface area contributed by atoms with Gasteiger partial charge in [0, 0.05) is 12.6 Å². The maximum atomic E-state index is 12.2. The quantitative estimate of drug-likeness (QED) is 0.879. The second kappa shape index (κ2) is 4.17. The Hall–Kier alpha value is -1.16. The molecule has 0 amide bonds. The van der Waals surface area contributed by atoms with E-state index < -0.39 is 0 Å². The van der Waals surface area contributed by atoms with Crippen molar-refractivity contribution in [1.29, 1.82) is 0 Å². The lowest BCUT2D eigenvalue weighted by Gasteiger charge is -2.54. The van der Waals surface area contributed by atoms with Crippen LogP contribution in [0.4, 0.5) is 0 Å². The third-order valence-electron chi connectivity index (χ3n) is 5.55. The molecule has 5 rings (SSSR count). The molecule has 0 spiro atoms. The van der Waals surface area contributed by atoms with E-state index in [0.717, 1.165) is 17.5 Å². The van der Waals surface area contributed by atoms with Crippen molar-refractivity contribution in [2.24, 2.45) is 29.4 Å². The summed E-state index contributed by atoms with van der Waals surface area (Å²) in [5, 5.41) is 4.52. The highest BCUT2D eigenvalue weighted by Crippen LogP contribution is 2.57. The van der Waals surface area contributed by atoms with Gasteiger partial charge in [-0.2, -0.15) is 5.10 Å². The molecule has 0 saturated heterocycles. The van der Waals surface area contributed by atoms with Gasteiger partial charge in [-0.3, -0.25) is 4.79 Å². The molecule has 4 aliphatic carbocycles. The van der Waals surface area contributed by atoms with Crippen molar-refractivity contribution in [2.75, 3.05) is 0 Å². The maximum absolute atomic E-state index is 12.2. The van der Waals surface area contributed by atoms with E-state index in [1.165, 1.54) is 32.1 Å². The minimum Gasteiger partial charge on any atom is -0.325 e. The number of nitrogens with two attached hydrogens (primary N) is 1. The van der Waals surface area contributed by atoms with Crippen LogP contribution in [0.2, 0.25) is 0 Å². The molecular formula is C15H21N3O. The van der Waals surface area contributed by atoms with Crippen LogP contribution < -0.4 is 11.3 Å². The summed E-state index contributed by atoms with van der Waals surface area (Å²) in [6.45, 7) is 0.410. The smallest absolute Gasteiger partial charge is 0.267 e. The average molecular weight is 259 g/mol. The predicted octanol–water partition coefficient (Wildman–Crippen LogP) is 1.70. The Labute approximate surface area is 113 Å². The number of hydrogen-bond donors (Lipinski definition) is 1. The fourth-order valence-electron chi connectivity index (χ4n) is 5.08. The molecule has 2 N–H and O–H groups in total. The molecule has 4 aliphatic rings. The normalized spacial score (nSPS) is 39.7. The van der Waals surface area contributed by atoms with E-state index in [9.17, 15) is 4.79 Å². The molecule has 0 aromatic carbocycles. The first kappa shape index (κ1) is 11.6. The Morgan fingerprint density at radius 3 is 2.32 bits per heavy atom. The Kier molecular flexibility index (Phi) is 2.56. The van der Waals surface area contributed by atoms with Crippen molar-refractivity contribution < 1.29 is 0 Å². The van der Waals surface area contributed by atoms with E-state index in [-0.39, 0.29) is 5.56 Å². The summed E-state index contributed by atoms with van der Waals surface area (Å²) in [4.78, 5) is 12.2. The molecule has 0 atom stereocenters. The minimum absolute atomic E-state index is 0.0506. The van der Waals surface area contributed by atoms with Crippen LogP contribution >= 0.6 is 0 Å². The van der Waals surface area contributed by atoms with Crippen LogP contribution in [-0.2, 0) is 6.54 Å². The van der Waals surface area contributed by atoms with Gasteiger partial charge in [0.1, 0.15) is 0 Å². The zero-order chi connectivity index (χ0) is 13.0. The predicted molar refractivity (Wildman–Crippen MR) is 72.5 cm³/mol. The van der Waals surface area contributed by atoms with Crippen molar-refractivity contribution in [2.45, 2.75) is 44.7 Å². The van der Waals surface area contributed by atoms with Gasteiger partial charge in [0.25, 0.3) is 5.56 Å². The average Bonchev–Trinajstić information content (AvgIpc) is 2.39. The first-order valence-corrected chi connectivity index (χ1v) is 7.53. The topological polar surface area (TPSA) is 60.9 Å². The van der Waals surface area contributed by atoms with Crippen molar-refractivity contribution in [3.63, 3.8) is 0 Å². The molecule has 1 heterocycles. The SMILES string of the molecule is NCc1ccc(=O)n(C2C3CC4CC(C3)CC2C4)n1. The van der Waals surface area contributed by atoms with Gasteiger partial charge in [-0.15, -0.1) is 0 Å². The molecule has 4 bridgehead atoms. The van der Waals surface area contributed by atoms with Crippen molar-refractivity contribution in [1.82, 2.24) is 9.78 Å². The Bertz CT molecular complexity index is 523. The summed E-state index contributed by atoms with van der Waals surface area (Å²) in [6, 6.07) is 3.74. The zero-order valence-corrected chi connectivity index (χ0v) is 11.2. The van der Waals surface area contributed by atoms with Crippen LogP contribution in [0.15, 0.2) is 16.9 Å². The van der Waals surface area contributed by atoms with Crippen molar-refractivity contribution >= 4 is 0 Å². The number of aromatic nitrogens is 2. The van der Waals surface area contributed by atoms with Crippen LogP contribution in [-0.4, -0.2) is 9.78 Å². The highest BCUT2D eigenvalue weighted by molar-refractivity contribution is 5.04. The molecule has 1 aromatic heterocycles. The molecular weight excluding hydrogens is 238 g/mol. The number of rotatable bonds is 2. The van der Waals surface area contributed by atoms with Crippen LogP contribution in [0.25, 0.3) is 0 Å². The van der Waals surface area contributed by atoms with E-state index in [2.05, 4.69) is 5.10 Å². The number of nitrogens with zero attached hydrogens (tertiary/aromatic N) is 2. The molecule has 19 heavy (non-hydrogen) atoms. The van der Waals surface area contributed by atoms with E-state index in [1.54, 1.807) is 16.8 Å².